The van der Waals surface area contributed by atoms with E-state index in [4.69, 9.17) is 9.97 Å². The van der Waals surface area contributed by atoms with Gasteiger partial charge in [-0.2, -0.15) is 0 Å². The molecule has 2 aromatic carbocycles. The van der Waals surface area contributed by atoms with Gasteiger partial charge < -0.3 is 30.7 Å². The summed E-state index contributed by atoms with van der Waals surface area (Å²) in [6, 6.07) is 20.1. The minimum absolute atomic E-state index is 0.0849. The zero-order chi connectivity index (χ0) is 42.9. The molecule has 3 amide bonds. The van der Waals surface area contributed by atoms with Gasteiger partial charge in [0, 0.05) is 95.5 Å². The molecule has 2 aliphatic rings. The number of rotatable bonds is 15. The lowest BCUT2D eigenvalue weighted by Crippen LogP contribution is -2.49. The summed E-state index contributed by atoms with van der Waals surface area (Å²) in [4.78, 5) is 59.2. The average molecular weight is 828 g/mol. The average Bonchev–Trinajstić information content (AvgIpc) is 3.79. The van der Waals surface area contributed by atoms with Gasteiger partial charge >= 0.3 is 0 Å². The molecule has 2 saturated heterocycles. The first kappa shape index (κ1) is 42.7. The predicted molar refractivity (Wildman–Crippen MR) is 238 cm³/mol. The highest BCUT2D eigenvalue weighted by molar-refractivity contribution is 5.91. The van der Waals surface area contributed by atoms with Crippen LogP contribution in [-0.2, 0) is 21.7 Å². The first-order valence-electron chi connectivity index (χ1n) is 21.1. The van der Waals surface area contributed by atoms with E-state index in [1.807, 2.05) is 70.3 Å². The highest BCUT2D eigenvalue weighted by atomic mass is 16.2. The van der Waals surface area contributed by atoms with Gasteiger partial charge in [-0.15, -0.1) is 5.10 Å². The van der Waals surface area contributed by atoms with E-state index in [1.54, 1.807) is 29.0 Å². The number of carbonyl (C=O) groups is 3. The lowest BCUT2D eigenvalue weighted by molar-refractivity contribution is -0.120. The van der Waals surface area contributed by atoms with Crippen LogP contribution in [0.5, 0.6) is 0 Å². The fraction of sp³-hybridized carbons (Fsp3) is 0.422. The van der Waals surface area contributed by atoms with E-state index in [-0.39, 0.29) is 29.5 Å². The van der Waals surface area contributed by atoms with Gasteiger partial charge in [-0.3, -0.25) is 19.3 Å². The van der Waals surface area contributed by atoms with Crippen LogP contribution < -0.4 is 30.7 Å². The molecule has 0 aliphatic carbocycles. The first-order valence-corrected chi connectivity index (χ1v) is 21.1. The van der Waals surface area contributed by atoms with Gasteiger partial charge in [-0.1, -0.05) is 23.4 Å². The Morgan fingerprint density at radius 2 is 1.74 bits per heavy atom. The third kappa shape index (κ3) is 11.0. The molecule has 16 nitrogen and oxygen atoms in total. The summed E-state index contributed by atoms with van der Waals surface area (Å²) in [7, 11) is 1.61. The van der Waals surface area contributed by atoms with Crippen LogP contribution in [0.1, 0.15) is 61.6 Å². The van der Waals surface area contributed by atoms with E-state index in [1.165, 1.54) is 0 Å². The number of hydrogen-bond acceptors (Lipinski definition) is 12. The molecule has 0 bridgehead atoms. The standard InChI is InChI=1S/C45H57N13O3/c1-32-25-34(9-10-35(32)27-49-43(61)40-30-58(53-52-40)45(2,3)4)39-13-17-47-44(51-39)50-36-11-12-41(48-28-36)56-23-21-54(22-24-56)29-33-14-18-55(19-15-33)37-7-6-8-38(26-37)57(31-59)20-16-42(60)46-5/h6-13,17,25-26,28,30-31,33H,14-16,18-24,27,29H2,1-5H3,(H,46,60)(H,49,61)(H,47,50,51). The van der Waals surface area contributed by atoms with Gasteiger partial charge in [0.1, 0.15) is 5.82 Å². The molecule has 5 heterocycles. The lowest BCUT2D eigenvalue weighted by atomic mass is 9.95. The van der Waals surface area contributed by atoms with Crippen molar-refractivity contribution < 1.29 is 14.4 Å². The number of piperidine rings is 1. The summed E-state index contributed by atoms with van der Waals surface area (Å²) in [5.74, 6) is 1.74. The number of anilines is 5. The van der Waals surface area contributed by atoms with E-state index in [2.05, 4.69) is 70.2 Å². The van der Waals surface area contributed by atoms with Crippen LogP contribution in [0, 0.1) is 12.8 Å². The molecule has 0 spiro atoms. The second-order valence-electron chi connectivity index (χ2n) is 16.8. The molecule has 3 N–H and O–H groups in total. The van der Waals surface area contributed by atoms with Crippen LogP contribution in [0.25, 0.3) is 11.3 Å². The SMILES string of the molecule is CNC(=O)CCN(C=O)c1cccc(N2CCC(CN3CCN(c4ccc(Nc5nccc(-c6ccc(CNC(=O)c7cn(C(C)(C)C)nn7)c(C)c6)n5)cn4)CC3)CC2)c1. The fourth-order valence-corrected chi connectivity index (χ4v) is 7.73. The maximum atomic E-state index is 12.7. The molecule has 7 rings (SSSR count). The van der Waals surface area contributed by atoms with Crippen molar-refractivity contribution in [3.05, 3.63) is 96.1 Å². The monoisotopic (exact) mass is 827 g/mol. The van der Waals surface area contributed by atoms with E-state index in [0.717, 1.165) is 110 Å². The van der Waals surface area contributed by atoms with Crippen LogP contribution in [0.4, 0.5) is 28.8 Å². The van der Waals surface area contributed by atoms with Gasteiger partial charge in [0.25, 0.3) is 5.91 Å². The van der Waals surface area contributed by atoms with Gasteiger partial charge in [0.15, 0.2) is 5.69 Å². The number of benzene rings is 2. The topological polar surface area (TPSA) is 170 Å². The van der Waals surface area contributed by atoms with Crippen molar-refractivity contribution in [2.24, 2.45) is 5.92 Å². The van der Waals surface area contributed by atoms with Crippen molar-refractivity contribution in [1.29, 1.82) is 0 Å². The fourth-order valence-electron chi connectivity index (χ4n) is 7.73. The number of amides is 3. The Bertz CT molecular complexity index is 2270. The Kier molecular flexibility index (Phi) is 13.5. The summed E-state index contributed by atoms with van der Waals surface area (Å²) < 4.78 is 1.69. The van der Waals surface area contributed by atoms with Gasteiger partial charge in [0.2, 0.25) is 18.3 Å². The molecule has 16 heteroatoms. The first-order chi connectivity index (χ1) is 29.4. The Balaban J connectivity index is 0.849. The van der Waals surface area contributed by atoms with Crippen molar-refractivity contribution in [2.45, 2.75) is 59.0 Å². The number of carbonyl (C=O) groups excluding carboxylic acids is 3. The minimum Gasteiger partial charge on any atom is -0.371 e. The number of piperazine rings is 1. The van der Waals surface area contributed by atoms with E-state index < -0.39 is 0 Å². The second-order valence-corrected chi connectivity index (χ2v) is 16.8. The van der Waals surface area contributed by atoms with Crippen molar-refractivity contribution >= 4 is 47.1 Å². The zero-order valence-electron chi connectivity index (χ0n) is 35.8. The highest BCUT2D eigenvalue weighted by Crippen LogP contribution is 2.28. The summed E-state index contributed by atoms with van der Waals surface area (Å²) in [5.41, 5.74) is 6.54. The predicted octanol–water partition coefficient (Wildman–Crippen LogP) is 5.00. The third-order valence-electron chi connectivity index (χ3n) is 11.5. The Labute approximate surface area is 357 Å². The summed E-state index contributed by atoms with van der Waals surface area (Å²) in [6.45, 7) is 15.7. The second kappa shape index (κ2) is 19.3. The molecule has 320 valence electrons. The molecule has 5 aromatic rings. The normalized spacial score (nSPS) is 15.0. The van der Waals surface area contributed by atoms with Gasteiger partial charge in [-0.05, 0) is 100 Å². The summed E-state index contributed by atoms with van der Waals surface area (Å²) >= 11 is 0. The van der Waals surface area contributed by atoms with Crippen molar-refractivity contribution in [1.82, 2.24) is 45.5 Å². The van der Waals surface area contributed by atoms with Crippen molar-refractivity contribution in [3.63, 3.8) is 0 Å². The van der Waals surface area contributed by atoms with E-state index >= 15 is 0 Å². The van der Waals surface area contributed by atoms with E-state index in [9.17, 15) is 14.4 Å². The summed E-state index contributed by atoms with van der Waals surface area (Å²) in [6.07, 6.45) is 8.56. The third-order valence-corrected chi connectivity index (χ3v) is 11.5. The molecule has 2 fully saturated rings. The number of hydrogen-bond donors (Lipinski definition) is 3. The Hall–Kier alpha value is -6.42. The molecular formula is C45H57N13O3. The van der Waals surface area contributed by atoms with Crippen LogP contribution in [0.2, 0.25) is 0 Å². The number of nitrogens with zero attached hydrogens (tertiary/aromatic N) is 10. The maximum Gasteiger partial charge on any atom is 0.273 e. The summed E-state index contributed by atoms with van der Waals surface area (Å²) in [5, 5.41) is 17.0. The van der Waals surface area contributed by atoms with Crippen molar-refractivity contribution in [3.8, 4) is 11.3 Å². The van der Waals surface area contributed by atoms with Crippen LogP contribution in [-0.4, -0.2) is 112 Å². The van der Waals surface area contributed by atoms with Crippen LogP contribution in [0.15, 0.2) is 79.3 Å². The zero-order valence-corrected chi connectivity index (χ0v) is 35.8. The molecule has 61 heavy (non-hydrogen) atoms. The highest BCUT2D eigenvalue weighted by Gasteiger charge is 2.25. The molecule has 0 atom stereocenters. The number of nitrogens with one attached hydrogen (secondary N) is 3. The number of aryl methyl sites for hydroxylation is 1. The molecule has 2 aliphatic heterocycles. The Morgan fingerprint density at radius 3 is 2.43 bits per heavy atom. The molecular weight excluding hydrogens is 771 g/mol. The minimum atomic E-state index is -0.265. The molecule has 0 unspecified atom stereocenters. The van der Waals surface area contributed by atoms with Crippen molar-refractivity contribution in [2.75, 3.05) is 79.4 Å². The maximum absolute atomic E-state index is 12.7. The lowest BCUT2D eigenvalue weighted by Gasteiger charge is -2.39. The smallest absolute Gasteiger partial charge is 0.273 e. The van der Waals surface area contributed by atoms with Gasteiger partial charge in [-0.25, -0.2) is 19.6 Å². The number of aromatic nitrogens is 6. The van der Waals surface area contributed by atoms with Crippen LogP contribution in [0.3, 0.4) is 0 Å². The van der Waals surface area contributed by atoms with E-state index in [0.29, 0.717) is 25.0 Å². The Morgan fingerprint density at radius 1 is 0.934 bits per heavy atom. The van der Waals surface area contributed by atoms with Crippen LogP contribution >= 0.6 is 0 Å². The largest absolute Gasteiger partial charge is 0.371 e. The van der Waals surface area contributed by atoms with Gasteiger partial charge in [0.05, 0.1) is 29.3 Å². The quantitative estimate of drug-likeness (QED) is 0.121. The number of pyridine rings is 1. The molecule has 3 aromatic heterocycles. The molecule has 0 radical (unpaired) electrons. The molecule has 0 saturated carbocycles.